The monoisotopic (exact) mass is 357 g/mol. The molecule has 0 aliphatic carbocycles. The predicted octanol–water partition coefficient (Wildman–Crippen LogP) is 1.95. The van der Waals surface area contributed by atoms with E-state index in [1.165, 1.54) is 4.31 Å². The average molecular weight is 357 g/mol. The lowest BCUT2D eigenvalue weighted by atomic mass is 9.96. The van der Waals surface area contributed by atoms with Crippen LogP contribution < -0.4 is 0 Å². The van der Waals surface area contributed by atoms with Crippen LogP contribution >= 0.6 is 0 Å². The van der Waals surface area contributed by atoms with Gasteiger partial charge in [0.05, 0.1) is 0 Å². The number of aromatic nitrogens is 1. The van der Waals surface area contributed by atoms with Crippen LogP contribution in [0.3, 0.4) is 0 Å². The van der Waals surface area contributed by atoms with Crippen LogP contribution in [0.15, 0.2) is 9.42 Å². The topological polar surface area (TPSA) is 83.7 Å². The summed E-state index contributed by atoms with van der Waals surface area (Å²) in [6.07, 6.45) is 1.99. The average Bonchev–Trinajstić information content (AvgIpc) is 2.92. The zero-order chi connectivity index (χ0) is 18.1. The van der Waals surface area contributed by atoms with Crippen molar-refractivity contribution < 1.29 is 17.7 Å². The molecule has 0 saturated carbocycles. The molecule has 1 aliphatic heterocycles. The van der Waals surface area contributed by atoms with Gasteiger partial charge in [0.25, 0.3) is 0 Å². The van der Waals surface area contributed by atoms with Crippen LogP contribution in [0.1, 0.15) is 44.6 Å². The van der Waals surface area contributed by atoms with E-state index < -0.39 is 10.0 Å². The van der Waals surface area contributed by atoms with Crippen molar-refractivity contribution >= 4 is 15.9 Å². The quantitative estimate of drug-likeness (QED) is 0.804. The van der Waals surface area contributed by atoms with Gasteiger partial charge in [-0.1, -0.05) is 12.1 Å². The summed E-state index contributed by atoms with van der Waals surface area (Å²) in [5, 5.41) is 3.73. The van der Waals surface area contributed by atoms with E-state index in [2.05, 4.69) is 5.16 Å². The second-order valence-electron chi connectivity index (χ2n) is 6.54. The van der Waals surface area contributed by atoms with E-state index in [-0.39, 0.29) is 22.8 Å². The molecule has 136 valence electrons. The lowest BCUT2D eigenvalue weighted by molar-refractivity contribution is -0.137. The summed E-state index contributed by atoms with van der Waals surface area (Å²) >= 11 is 0. The van der Waals surface area contributed by atoms with Crippen LogP contribution in [0.2, 0.25) is 0 Å². The number of hydrogen-bond donors (Lipinski definition) is 0. The molecule has 0 spiro atoms. The van der Waals surface area contributed by atoms with Gasteiger partial charge in [0.1, 0.15) is 10.6 Å². The maximum absolute atomic E-state index is 12.8. The first kappa shape index (κ1) is 18.9. The fourth-order valence-electron chi connectivity index (χ4n) is 3.09. The first-order valence-electron chi connectivity index (χ1n) is 8.39. The first-order chi connectivity index (χ1) is 11.2. The van der Waals surface area contributed by atoms with Crippen molar-refractivity contribution in [3.63, 3.8) is 0 Å². The molecule has 0 aromatic carbocycles. The molecule has 1 unspecified atom stereocenters. The van der Waals surface area contributed by atoms with E-state index in [9.17, 15) is 13.2 Å². The predicted molar refractivity (Wildman–Crippen MR) is 90.0 cm³/mol. The summed E-state index contributed by atoms with van der Waals surface area (Å²) in [4.78, 5) is 14.5. The smallest absolute Gasteiger partial charge is 0.248 e. The van der Waals surface area contributed by atoms with Gasteiger partial charge in [0.2, 0.25) is 15.9 Å². The van der Waals surface area contributed by atoms with Gasteiger partial charge >= 0.3 is 0 Å². The van der Waals surface area contributed by atoms with Crippen LogP contribution in [0, 0.1) is 19.8 Å². The van der Waals surface area contributed by atoms with Gasteiger partial charge in [-0.05, 0) is 40.0 Å². The van der Waals surface area contributed by atoms with Gasteiger partial charge in [0, 0.05) is 32.1 Å². The summed E-state index contributed by atoms with van der Waals surface area (Å²) in [6.45, 7) is 7.99. The van der Waals surface area contributed by atoms with Crippen LogP contribution in [-0.4, -0.2) is 54.9 Å². The molecule has 1 amide bonds. The molecule has 2 heterocycles. The number of carbonyl (C=O) groups is 1. The van der Waals surface area contributed by atoms with E-state index in [1.54, 1.807) is 18.7 Å². The zero-order valence-electron chi connectivity index (χ0n) is 15.1. The highest BCUT2D eigenvalue weighted by Crippen LogP contribution is 2.28. The van der Waals surface area contributed by atoms with Gasteiger partial charge in [-0.2, -0.15) is 4.31 Å². The fourth-order valence-corrected chi connectivity index (χ4v) is 4.85. The number of rotatable bonds is 5. The standard InChI is InChI=1S/C16H27N3O4S/c1-6-11(2)18(5)16(20)14-7-9-19(10-8-14)24(21,22)15-12(3)17-23-13(15)4/h11,14H,6-10H2,1-5H3. The van der Waals surface area contributed by atoms with E-state index in [0.29, 0.717) is 37.4 Å². The Labute approximate surface area is 144 Å². The highest BCUT2D eigenvalue weighted by molar-refractivity contribution is 7.89. The van der Waals surface area contributed by atoms with Gasteiger partial charge < -0.3 is 9.42 Å². The van der Waals surface area contributed by atoms with E-state index in [1.807, 2.05) is 20.9 Å². The first-order valence-corrected chi connectivity index (χ1v) is 9.83. The second kappa shape index (κ2) is 7.23. The maximum atomic E-state index is 12.8. The third kappa shape index (κ3) is 3.49. The molecule has 0 bridgehead atoms. The Balaban J connectivity index is 2.06. The number of nitrogens with zero attached hydrogens (tertiary/aromatic N) is 3. The van der Waals surface area contributed by atoms with Crippen molar-refractivity contribution in [2.75, 3.05) is 20.1 Å². The normalized spacial score (nSPS) is 18.5. The Hall–Kier alpha value is -1.41. The van der Waals surface area contributed by atoms with Crippen molar-refractivity contribution in [1.29, 1.82) is 0 Å². The molecular formula is C16H27N3O4S. The van der Waals surface area contributed by atoms with Crippen LogP contribution in [0.25, 0.3) is 0 Å². The van der Waals surface area contributed by atoms with E-state index in [0.717, 1.165) is 6.42 Å². The van der Waals surface area contributed by atoms with Gasteiger partial charge in [-0.3, -0.25) is 4.79 Å². The van der Waals surface area contributed by atoms with Crippen molar-refractivity contribution in [1.82, 2.24) is 14.4 Å². The SMILES string of the molecule is CCC(C)N(C)C(=O)C1CCN(S(=O)(=O)c2c(C)noc2C)CC1. The van der Waals surface area contributed by atoms with Crippen LogP contribution in [0.5, 0.6) is 0 Å². The number of carbonyl (C=O) groups excluding carboxylic acids is 1. The molecule has 1 aromatic rings. The fraction of sp³-hybridized carbons (Fsp3) is 0.750. The van der Waals surface area contributed by atoms with Gasteiger partial charge in [-0.25, -0.2) is 8.42 Å². The Morgan fingerprint density at radius 2 is 1.96 bits per heavy atom. The highest BCUT2D eigenvalue weighted by atomic mass is 32.2. The molecular weight excluding hydrogens is 330 g/mol. The molecule has 7 nitrogen and oxygen atoms in total. The minimum Gasteiger partial charge on any atom is -0.360 e. The molecule has 1 atom stereocenters. The number of hydrogen-bond acceptors (Lipinski definition) is 5. The lowest BCUT2D eigenvalue weighted by Gasteiger charge is -2.34. The molecule has 1 aromatic heterocycles. The molecule has 1 aliphatic rings. The Bertz CT molecular complexity index is 671. The lowest BCUT2D eigenvalue weighted by Crippen LogP contribution is -2.45. The van der Waals surface area contributed by atoms with Crippen molar-refractivity contribution in [2.24, 2.45) is 5.92 Å². The Kier molecular flexibility index (Phi) is 5.70. The van der Waals surface area contributed by atoms with Gasteiger partial charge in [0.15, 0.2) is 5.76 Å². The van der Waals surface area contributed by atoms with Crippen molar-refractivity contribution in [3.05, 3.63) is 11.5 Å². The molecule has 0 radical (unpaired) electrons. The molecule has 0 N–H and O–H groups in total. The molecule has 24 heavy (non-hydrogen) atoms. The minimum atomic E-state index is -3.62. The molecule has 1 fully saturated rings. The zero-order valence-corrected chi connectivity index (χ0v) is 15.9. The van der Waals surface area contributed by atoms with Crippen LogP contribution in [-0.2, 0) is 14.8 Å². The number of aryl methyl sites for hydroxylation is 2. The maximum Gasteiger partial charge on any atom is 0.248 e. The second-order valence-corrected chi connectivity index (χ2v) is 8.41. The highest BCUT2D eigenvalue weighted by Gasteiger charge is 2.36. The number of amides is 1. The summed E-state index contributed by atoms with van der Waals surface area (Å²) in [5.74, 6) is 0.307. The van der Waals surface area contributed by atoms with Gasteiger partial charge in [-0.15, -0.1) is 0 Å². The minimum absolute atomic E-state index is 0.110. The molecule has 2 rings (SSSR count). The number of sulfonamides is 1. The van der Waals surface area contributed by atoms with E-state index in [4.69, 9.17) is 4.52 Å². The Morgan fingerprint density at radius 3 is 2.42 bits per heavy atom. The molecule has 1 saturated heterocycles. The summed E-state index contributed by atoms with van der Waals surface area (Å²) in [6, 6.07) is 0.196. The van der Waals surface area contributed by atoms with E-state index >= 15 is 0 Å². The van der Waals surface area contributed by atoms with Crippen molar-refractivity contribution in [3.8, 4) is 0 Å². The molecule has 8 heteroatoms. The summed E-state index contributed by atoms with van der Waals surface area (Å²) < 4.78 is 32.0. The summed E-state index contributed by atoms with van der Waals surface area (Å²) in [7, 11) is -1.80. The third-order valence-electron chi connectivity index (χ3n) is 4.97. The number of piperidine rings is 1. The van der Waals surface area contributed by atoms with Crippen molar-refractivity contribution in [2.45, 2.75) is 57.9 Å². The Morgan fingerprint density at radius 1 is 1.38 bits per heavy atom. The summed E-state index contributed by atoms with van der Waals surface area (Å²) in [5.41, 5.74) is 0.377. The third-order valence-corrected chi connectivity index (χ3v) is 7.11. The van der Waals surface area contributed by atoms with Crippen LogP contribution in [0.4, 0.5) is 0 Å². The largest absolute Gasteiger partial charge is 0.360 e.